The molecule has 0 spiro atoms. The predicted octanol–water partition coefficient (Wildman–Crippen LogP) is 3.41. The number of nitrogens with zero attached hydrogens (tertiary/aromatic N) is 2. The summed E-state index contributed by atoms with van der Waals surface area (Å²) >= 11 is 6.11. The fraction of sp³-hybridized carbons (Fsp3) is 0.250. The van der Waals surface area contributed by atoms with Crippen LogP contribution in [0.25, 0.3) is 0 Å². The van der Waals surface area contributed by atoms with Crippen LogP contribution in [0.15, 0.2) is 42.6 Å². The van der Waals surface area contributed by atoms with Crippen molar-refractivity contribution in [3.05, 3.63) is 58.7 Å². The fourth-order valence-corrected chi connectivity index (χ4v) is 2.11. The molecule has 0 saturated heterocycles. The molecule has 0 unspecified atom stereocenters. The fourth-order valence-electron chi connectivity index (χ4n) is 1.91. The van der Waals surface area contributed by atoms with Gasteiger partial charge in [-0.05, 0) is 24.6 Å². The highest BCUT2D eigenvalue weighted by molar-refractivity contribution is 6.31. The minimum absolute atomic E-state index is 0.106. The summed E-state index contributed by atoms with van der Waals surface area (Å²) in [5.74, 6) is 0.410. The minimum Gasteiger partial charge on any atom is -0.478 e. The molecule has 0 fully saturated rings. The number of hydrogen-bond donors (Lipinski definition) is 0. The molecule has 0 aliphatic heterocycles. The monoisotopic (exact) mass is 304 g/mol. The Morgan fingerprint density at radius 2 is 2.05 bits per heavy atom. The van der Waals surface area contributed by atoms with E-state index in [0.717, 1.165) is 5.56 Å². The quantitative estimate of drug-likeness (QED) is 0.850. The first-order valence-electron chi connectivity index (χ1n) is 6.69. The molecule has 0 saturated carbocycles. The molecule has 2 rings (SSSR count). The Labute approximate surface area is 129 Å². The summed E-state index contributed by atoms with van der Waals surface area (Å²) in [5.41, 5.74) is 1.43. The maximum absolute atomic E-state index is 12.3. The third-order valence-corrected chi connectivity index (χ3v) is 3.36. The molecular weight excluding hydrogens is 288 g/mol. The van der Waals surface area contributed by atoms with Crippen LogP contribution >= 0.6 is 11.6 Å². The van der Waals surface area contributed by atoms with Gasteiger partial charge in [-0.25, -0.2) is 4.98 Å². The summed E-state index contributed by atoms with van der Waals surface area (Å²) in [4.78, 5) is 18.0. The first-order valence-corrected chi connectivity index (χ1v) is 7.07. The van der Waals surface area contributed by atoms with Crippen molar-refractivity contribution in [1.82, 2.24) is 9.88 Å². The molecule has 1 aromatic heterocycles. The van der Waals surface area contributed by atoms with Gasteiger partial charge in [-0.3, -0.25) is 4.79 Å². The molecular formula is C16H17ClN2O2. The number of hydrogen-bond acceptors (Lipinski definition) is 3. The third-order valence-electron chi connectivity index (χ3n) is 2.99. The molecule has 4 nitrogen and oxygen atoms in total. The van der Waals surface area contributed by atoms with Crippen LogP contribution in [0.3, 0.4) is 0 Å². The van der Waals surface area contributed by atoms with E-state index in [9.17, 15) is 4.79 Å². The van der Waals surface area contributed by atoms with Crippen LogP contribution in [0, 0.1) is 0 Å². The molecule has 1 amide bonds. The predicted molar refractivity (Wildman–Crippen MR) is 82.7 cm³/mol. The molecule has 5 heteroatoms. The van der Waals surface area contributed by atoms with E-state index in [1.54, 1.807) is 24.1 Å². The van der Waals surface area contributed by atoms with Crippen molar-refractivity contribution in [3.63, 3.8) is 0 Å². The minimum atomic E-state index is -0.106. The number of pyridine rings is 1. The largest absolute Gasteiger partial charge is 0.478 e. The van der Waals surface area contributed by atoms with Crippen LogP contribution in [0.2, 0.25) is 5.02 Å². The highest BCUT2D eigenvalue weighted by atomic mass is 35.5. The van der Waals surface area contributed by atoms with E-state index >= 15 is 0 Å². The van der Waals surface area contributed by atoms with E-state index in [1.807, 2.05) is 31.2 Å². The van der Waals surface area contributed by atoms with Gasteiger partial charge in [-0.15, -0.1) is 0 Å². The molecule has 0 N–H and O–H groups in total. The van der Waals surface area contributed by atoms with Crippen molar-refractivity contribution in [1.29, 1.82) is 0 Å². The highest BCUT2D eigenvalue weighted by Gasteiger charge is 2.13. The zero-order valence-corrected chi connectivity index (χ0v) is 12.8. The van der Waals surface area contributed by atoms with Crippen LogP contribution in [0.4, 0.5) is 0 Å². The summed E-state index contributed by atoms with van der Waals surface area (Å²) in [5, 5.41) is 0.655. The average molecular weight is 305 g/mol. The van der Waals surface area contributed by atoms with Crippen molar-refractivity contribution in [2.75, 3.05) is 13.7 Å². The molecule has 110 valence electrons. The Morgan fingerprint density at radius 1 is 1.29 bits per heavy atom. The number of halogens is 1. The lowest BCUT2D eigenvalue weighted by molar-refractivity contribution is 0.0784. The Bertz CT molecular complexity index is 614. The van der Waals surface area contributed by atoms with Crippen molar-refractivity contribution in [2.45, 2.75) is 13.5 Å². The maximum Gasteiger partial charge on any atom is 0.255 e. The molecule has 2 aromatic rings. The van der Waals surface area contributed by atoms with Crippen LogP contribution in [-0.2, 0) is 6.54 Å². The molecule has 0 aliphatic carbocycles. The summed E-state index contributed by atoms with van der Waals surface area (Å²) < 4.78 is 5.26. The first-order chi connectivity index (χ1) is 10.1. The number of carbonyl (C=O) groups is 1. The smallest absolute Gasteiger partial charge is 0.255 e. The second-order valence-electron chi connectivity index (χ2n) is 4.57. The van der Waals surface area contributed by atoms with Crippen LogP contribution in [0.1, 0.15) is 22.8 Å². The van der Waals surface area contributed by atoms with Crippen LogP contribution in [0.5, 0.6) is 5.88 Å². The summed E-state index contributed by atoms with van der Waals surface area (Å²) in [6.45, 7) is 2.89. The second kappa shape index (κ2) is 7.09. The molecule has 21 heavy (non-hydrogen) atoms. The first kappa shape index (κ1) is 15.3. The molecule has 1 heterocycles. The summed E-state index contributed by atoms with van der Waals surface area (Å²) in [6, 6.07) is 10.9. The number of amides is 1. The number of ether oxygens (including phenoxy) is 1. The van der Waals surface area contributed by atoms with Crippen molar-refractivity contribution in [3.8, 4) is 5.88 Å². The zero-order valence-electron chi connectivity index (χ0n) is 12.0. The lowest BCUT2D eigenvalue weighted by Crippen LogP contribution is -2.26. The molecule has 0 bridgehead atoms. The average Bonchev–Trinajstić information content (AvgIpc) is 2.50. The normalized spacial score (nSPS) is 10.2. The van der Waals surface area contributed by atoms with E-state index in [4.69, 9.17) is 16.3 Å². The van der Waals surface area contributed by atoms with Gasteiger partial charge < -0.3 is 9.64 Å². The van der Waals surface area contributed by atoms with Gasteiger partial charge >= 0.3 is 0 Å². The maximum atomic E-state index is 12.3. The van der Waals surface area contributed by atoms with E-state index in [-0.39, 0.29) is 5.91 Å². The van der Waals surface area contributed by atoms with Crippen LogP contribution in [-0.4, -0.2) is 29.4 Å². The SMILES string of the molecule is CCOc1ccc(C(=O)N(C)Cc2ccccc2Cl)cn1. The van der Waals surface area contributed by atoms with Gasteiger partial charge in [0.1, 0.15) is 0 Å². The summed E-state index contributed by atoms with van der Waals surface area (Å²) in [6.07, 6.45) is 1.52. The third kappa shape index (κ3) is 3.95. The lowest BCUT2D eigenvalue weighted by atomic mass is 10.2. The molecule has 0 aliphatic rings. The topological polar surface area (TPSA) is 42.4 Å². The van der Waals surface area contributed by atoms with Gasteiger partial charge in [-0.2, -0.15) is 0 Å². The Hall–Kier alpha value is -2.07. The van der Waals surface area contributed by atoms with Crippen molar-refractivity contribution >= 4 is 17.5 Å². The zero-order chi connectivity index (χ0) is 15.2. The van der Waals surface area contributed by atoms with Crippen molar-refractivity contribution < 1.29 is 9.53 Å². The van der Waals surface area contributed by atoms with Crippen LogP contribution < -0.4 is 4.74 Å². The summed E-state index contributed by atoms with van der Waals surface area (Å²) in [7, 11) is 1.74. The second-order valence-corrected chi connectivity index (χ2v) is 4.98. The van der Waals surface area contributed by atoms with E-state index in [0.29, 0.717) is 29.6 Å². The van der Waals surface area contributed by atoms with Gasteiger partial charge in [0, 0.05) is 30.9 Å². The number of benzene rings is 1. The van der Waals surface area contributed by atoms with Gasteiger partial charge in [-0.1, -0.05) is 29.8 Å². The molecule has 0 atom stereocenters. The number of carbonyl (C=O) groups excluding carboxylic acids is 1. The molecule has 1 aromatic carbocycles. The Morgan fingerprint density at radius 3 is 2.67 bits per heavy atom. The van der Waals surface area contributed by atoms with E-state index < -0.39 is 0 Å². The van der Waals surface area contributed by atoms with E-state index in [1.165, 1.54) is 6.20 Å². The van der Waals surface area contributed by atoms with Gasteiger partial charge in [0.25, 0.3) is 5.91 Å². The lowest BCUT2D eigenvalue weighted by Gasteiger charge is -2.18. The number of aromatic nitrogens is 1. The molecule has 0 radical (unpaired) electrons. The number of rotatable bonds is 5. The van der Waals surface area contributed by atoms with Gasteiger partial charge in [0.15, 0.2) is 0 Å². The Balaban J connectivity index is 2.07. The Kier molecular flexibility index (Phi) is 5.17. The standard InChI is InChI=1S/C16H17ClN2O2/c1-3-21-15-9-8-12(10-18-15)16(20)19(2)11-13-6-4-5-7-14(13)17/h4-10H,3,11H2,1-2H3. The van der Waals surface area contributed by atoms with Gasteiger partial charge in [0.05, 0.1) is 12.2 Å². The van der Waals surface area contributed by atoms with Crippen molar-refractivity contribution in [2.24, 2.45) is 0 Å². The highest BCUT2D eigenvalue weighted by Crippen LogP contribution is 2.17. The van der Waals surface area contributed by atoms with E-state index in [2.05, 4.69) is 4.98 Å². The van der Waals surface area contributed by atoms with Gasteiger partial charge in [0.2, 0.25) is 5.88 Å².